The van der Waals surface area contributed by atoms with E-state index in [4.69, 9.17) is 26.1 Å². The van der Waals surface area contributed by atoms with Gasteiger partial charge >= 0.3 is 0 Å². The number of hydrogen-bond acceptors (Lipinski definition) is 12. The molecule has 5 aromatic rings. The zero-order valence-electron chi connectivity index (χ0n) is 37.2. The van der Waals surface area contributed by atoms with Crippen molar-refractivity contribution in [2.24, 2.45) is 5.41 Å². The van der Waals surface area contributed by atoms with E-state index in [1.807, 2.05) is 48.2 Å². The first-order chi connectivity index (χ1) is 31.5. The van der Waals surface area contributed by atoms with E-state index in [0.29, 0.717) is 29.4 Å². The molecule has 348 valence electrons. The number of anilines is 4. The van der Waals surface area contributed by atoms with E-state index in [-0.39, 0.29) is 55.4 Å². The number of aromatic amines is 1. The number of hydrogen-bond donors (Lipinski definition) is 3. The van der Waals surface area contributed by atoms with Crippen molar-refractivity contribution in [2.75, 3.05) is 74.1 Å². The molecule has 2 saturated heterocycles. The van der Waals surface area contributed by atoms with Gasteiger partial charge in [-0.05, 0) is 97.3 Å². The van der Waals surface area contributed by atoms with Gasteiger partial charge in [-0.25, -0.2) is 17.5 Å². The number of allylic oxidation sites excluding steroid dienone is 1. The van der Waals surface area contributed by atoms with Crippen molar-refractivity contribution in [2.45, 2.75) is 69.5 Å². The third kappa shape index (κ3) is 9.71. The van der Waals surface area contributed by atoms with Crippen LogP contribution in [0.15, 0.2) is 89.5 Å². The van der Waals surface area contributed by atoms with Crippen LogP contribution in [0.3, 0.4) is 0 Å². The van der Waals surface area contributed by atoms with E-state index in [9.17, 15) is 23.3 Å². The lowest BCUT2D eigenvalue weighted by atomic mass is 9.72. The van der Waals surface area contributed by atoms with Crippen LogP contribution in [0.1, 0.15) is 68.8 Å². The monoisotopic (exact) mass is 940 g/mol. The Kier molecular flexibility index (Phi) is 12.5. The summed E-state index contributed by atoms with van der Waals surface area (Å²) in [4.78, 5) is 39.9. The molecule has 2 fully saturated rings. The molecule has 1 aliphatic carbocycles. The van der Waals surface area contributed by atoms with Gasteiger partial charge in [-0.2, -0.15) is 4.98 Å². The van der Waals surface area contributed by atoms with E-state index >= 15 is 4.39 Å². The van der Waals surface area contributed by atoms with Gasteiger partial charge in [-0.15, -0.1) is 0 Å². The number of nitro groups is 1. The van der Waals surface area contributed by atoms with E-state index < -0.39 is 37.1 Å². The second-order valence-corrected chi connectivity index (χ2v) is 20.8. The number of alkyl halides is 1. The molecule has 1 unspecified atom stereocenters. The molecular weight excluding hydrogens is 887 g/mol. The van der Waals surface area contributed by atoms with Gasteiger partial charge in [0.05, 0.1) is 27.6 Å². The van der Waals surface area contributed by atoms with Crippen LogP contribution in [0, 0.1) is 15.5 Å². The predicted molar refractivity (Wildman–Crippen MR) is 254 cm³/mol. The Morgan fingerprint density at radius 1 is 1.00 bits per heavy atom. The fraction of sp³-hybridized carbons (Fsp3) is 0.417. The largest absolute Gasteiger partial charge is 0.471 e. The molecule has 5 heterocycles. The summed E-state index contributed by atoms with van der Waals surface area (Å²) in [6.07, 6.45) is 4.84. The van der Waals surface area contributed by atoms with Crippen molar-refractivity contribution in [1.29, 1.82) is 0 Å². The van der Waals surface area contributed by atoms with Crippen molar-refractivity contribution >= 4 is 72.6 Å². The van der Waals surface area contributed by atoms with E-state index in [2.05, 4.69) is 50.8 Å². The van der Waals surface area contributed by atoms with Gasteiger partial charge in [0.1, 0.15) is 28.8 Å². The molecule has 0 saturated carbocycles. The number of piperazine rings is 1. The highest BCUT2D eigenvalue weighted by molar-refractivity contribution is 7.90. The fourth-order valence-electron chi connectivity index (χ4n) is 9.46. The molecule has 3 N–H and O–H groups in total. The molecule has 0 spiro atoms. The smallest absolute Gasteiger partial charge is 0.293 e. The van der Waals surface area contributed by atoms with Gasteiger partial charge in [0.2, 0.25) is 5.88 Å². The number of rotatable bonds is 12. The van der Waals surface area contributed by atoms with Crippen molar-refractivity contribution in [1.82, 2.24) is 19.6 Å². The molecular formula is C48H54ClFN8O7S. The lowest BCUT2D eigenvalue weighted by Crippen LogP contribution is -2.47. The van der Waals surface area contributed by atoms with Crippen molar-refractivity contribution in [3.05, 3.63) is 111 Å². The molecule has 4 aliphatic rings. The van der Waals surface area contributed by atoms with E-state index in [1.54, 1.807) is 12.3 Å². The number of sulfonamides is 1. The first kappa shape index (κ1) is 45.4. The highest BCUT2D eigenvalue weighted by atomic mass is 35.5. The van der Waals surface area contributed by atoms with E-state index in [0.717, 1.165) is 80.2 Å². The number of amides is 1. The number of aromatic nitrogens is 2. The summed E-state index contributed by atoms with van der Waals surface area (Å²) in [6.45, 7) is 11.1. The Labute approximate surface area is 388 Å². The highest BCUT2D eigenvalue weighted by Crippen LogP contribution is 2.44. The quantitative estimate of drug-likeness (QED) is 0.0802. The van der Waals surface area contributed by atoms with Crippen LogP contribution in [-0.2, 0) is 14.8 Å². The lowest BCUT2D eigenvalue weighted by molar-refractivity contribution is -0.384. The molecule has 3 aromatic carbocycles. The summed E-state index contributed by atoms with van der Waals surface area (Å²) in [7, 11) is -4.65. The minimum atomic E-state index is -4.65. The third-order valence-corrected chi connectivity index (χ3v) is 14.8. The molecule has 2 aromatic heterocycles. The predicted octanol–water partition coefficient (Wildman–Crippen LogP) is 8.88. The number of benzene rings is 3. The van der Waals surface area contributed by atoms with Crippen LogP contribution in [-0.4, -0.2) is 105 Å². The minimum Gasteiger partial charge on any atom is -0.471 e. The molecule has 66 heavy (non-hydrogen) atoms. The summed E-state index contributed by atoms with van der Waals surface area (Å²) in [6, 6.07) is 20.6. The van der Waals surface area contributed by atoms with Gasteiger partial charge < -0.3 is 29.6 Å². The van der Waals surface area contributed by atoms with Crippen LogP contribution in [0.5, 0.6) is 5.88 Å². The number of pyridine rings is 1. The number of carbonyl (C=O) groups excluding carboxylic acids is 1. The number of nitrogens with zero attached hydrogens (tertiary/aromatic N) is 5. The second kappa shape index (κ2) is 18.1. The van der Waals surface area contributed by atoms with Crippen LogP contribution in [0.2, 0.25) is 5.02 Å². The van der Waals surface area contributed by atoms with Crippen LogP contribution < -0.4 is 24.6 Å². The second-order valence-electron chi connectivity index (χ2n) is 18.6. The maximum atomic E-state index is 15.3. The molecule has 1 atom stereocenters. The number of carbonyl (C=O) groups is 1. The number of H-pyrrole nitrogens is 1. The minimum absolute atomic E-state index is 0.0458. The molecule has 9 rings (SSSR count). The zero-order chi connectivity index (χ0) is 46.4. The Balaban J connectivity index is 0.988. The molecule has 3 aliphatic heterocycles. The van der Waals surface area contributed by atoms with Crippen LogP contribution in [0.25, 0.3) is 16.6 Å². The highest BCUT2D eigenvalue weighted by Gasteiger charge is 2.35. The van der Waals surface area contributed by atoms with Crippen molar-refractivity contribution < 1.29 is 32.0 Å². The summed E-state index contributed by atoms with van der Waals surface area (Å²) >= 11 is 6.27. The van der Waals surface area contributed by atoms with Gasteiger partial charge in [0, 0.05) is 93.7 Å². The first-order valence-electron chi connectivity index (χ1n) is 22.4. The Morgan fingerprint density at radius 2 is 1.76 bits per heavy atom. The first-order valence-corrected chi connectivity index (χ1v) is 24.3. The van der Waals surface area contributed by atoms with Gasteiger partial charge in [0.25, 0.3) is 21.6 Å². The van der Waals surface area contributed by atoms with Gasteiger partial charge in [0.15, 0.2) is 0 Å². The number of halogens is 2. The maximum Gasteiger partial charge on any atom is 0.293 e. The SMILES string of the molecule is CC1CN(c2cc(N3CCN(CC4=C(c5ccc(Cl)cc5)CC(C)(C)CC4)CC3)ccc2C(=O)NS(=O)(=O)c2ccc(NCC3(F)CCOCC3)c([N+](=O)[O-])c2)c2cc3cc[nH]c3nc2O1. The average Bonchev–Trinajstić information content (AvgIpc) is 3.75. The molecule has 1 amide bonds. The number of nitro benzene ring substituents is 1. The van der Waals surface area contributed by atoms with Crippen molar-refractivity contribution in [3.63, 3.8) is 0 Å². The molecule has 0 radical (unpaired) electrons. The molecule has 18 heteroatoms. The normalized spacial score (nSPS) is 19.9. The molecule has 15 nitrogen and oxygen atoms in total. The van der Waals surface area contributed by atoms with E-state index in [1.165, 1.54) is 22.8 Å². The summed E-state index contributed by atoms with van der Waals surface area (Å²) in [5, 5.41) is 16.5. The lowest BCUT2D eigenvalue weighted by Gasteiger charge is -2.40. The Hall–Kier alpha value is -5.75. The van der Waals surface area contributed by atoms with Crippen molar-refractivity contribution in [3.8, 4) is 5.88 Å². The zero-order valence-corrected chi connectivity index (χ0v) is 38.8. The standard InChI is InChI=1S/C48H54ClFN8O7S/c1-31-28-57(43-24-33-13-17-51-44(33)53-46(43)65-31)41-25-36(56-20-18-55(19-21-56)29-34-12-14-47(2,3)27-39(34)32-4-6-35(49)7-5-32)8-10-38(41)45(59)54-66(62,63)37-9-11-40(42(26-37)58(60)61)52-30-48(50)15-22-64-23-16-48/h4-11,13,17,24-26,31,52H,12,14-16,18-23,27-30H2,1-3H3,(H,51,53)(H,54,59). The van der Waals surface area contributed by atoms with Gasteiger partial charge in [-0.3, -0.25) is 19.8 Å². The summed E-state index contributed by atoms with van der Waals surface area (Å²) in [5.74, 6) is -0.571. The van der Waals surface area contributed by atoms with Crippen LogP contribution in [0.4, 0.5) is 32.8 Å². The molecule has 0 bridgehead atoms. The number of nitrogens with one attached hydrogen (secondary N) is 3. The topological polar surface area (TPSA) is 175 Å². The summed E-state index contributed by atoms with van der Waals surface area (Å²) in [5.41, 5.74) is 4.65. The Bertz CT molecular complexity index is 2800. The fourth-order valence-corrected chi connectivity index (χ4v) is 10.6. The number of fused-ring (bicyclic) bond motifs is 2. The maximum absolute atomic E-state index is 15.3. The number of ether oxygens (including phenoxy) is 2. The Morgan fingerprint density at radius 3 is 2.50 bits per heavy atom. The third-order valence-electron chi connectivity index (χ3n) is 13.3. The average molecular weight is 942 g/mol. The summed E-state index contributed by atoms with van der Waals surface area (Å²) < 4.78 is 56.8. The van der Waals surface area contributed by atoms with Crippen LogP contribution >= 0.6 is 11.6 Å². The van der Waals surface area contributed by atoms with Gasteiger partial charge in [-0.1, -0.05) is 43.2 Å².